The lowest BCUT2D eigenvalue weighted by Crippen LogP contribution is -2.41. The molecular formula is C17H15BrF2O. The summed E-state index contributed by atoms with van der Waals surface area (Å²) in [4.78, 5) is 0. The first kappa shape index (κ1) is 14.7. The second-order valence-corrected chi connectivity index (χ2v) is 6.39. The van der Waals surface area contributed by atoms with E-state index in [1.54, 1.807) is 0 Å². The fourth-order valence-corrected chi connectivity index (χ4v) is 3.46. The van der Waals surface area contributed by atoms with Crippen LogP contribution in [-0.2, 0) is 5.41 Å². The number of aliphatic hydroxyl groups is 1. The molecule has 1 nitrogen and oxygen atoms in total. The Labute approximate surface area is 130 Å². The van der Waals surface area contributed by atoms with Crippen LogP contribution in [0.2, 0.25) is 0 Å². The van der Waals surface area contributed by atoms with Crippen LogP contribution in [0.25, 0.3) is 0 Å². The van der Waals surface area contributed by atoms with E-state index in [0.29, 0.717) is 0 Å². The van der Waals surface area contributed by atoms with Gasteiger partial charge in [-0.25, -0.2) is 8.78 Å². The Balaban J connectivity index is 2.09. The van der Waals surface area contributed by atoms with Crippen LogP contribution in [0.3, 0.4) is 0 Å². The van der Waals surface area contributed by atoms with Gasteiger partial charge < -0.3 is 5.11 Å². The molecule has 1 saturated carbocycles. The molecule has 2 aromatic rings. The SMILES string of the molecule is OC(c1c(F)ccc(Br)c1F)C1(c2ccccc2)CCC1. The van der Waals surface area contributed by atoms with E-state index in [1.165, 1.54) is 12.1 Å². The summed E-state index contributed by atoms with van der Waals surface area (Å²) in [6.07, 6.45) is 1.21. The molecule has 0 radical (unpaired) electrons. The highest BCUT2D eigenvalue weighted by atomic mass is 79.9. The van der Waals surface area contributed by atoms with Gasteiger partial charge in [0.15, 0.2) is 0 Å². The molecule has 2 aromatic carbocycles. The standard InChI is InChI=1S/C17H15BrF2O/c18-12-7-8-13(19)14(15(12)20)16(21)17(9-4-10-17)11-5-2-1-3-6-11/h1-3,5-8,16,21H,4,9-10H2. The van der Waals surface area contributed by atoms with E-state index in [4.69, 9.17) is 0 Å². The molecule has 1 aliphatic carbocycles. The predicted molar refractivity (Wildman–Crippen MR) is 81.0 cm³/mol. The van der Waals surface area contributed by atoms with Crippen molar-refractivity contribution in [1.82, 2.24) is 0 Å². The first-order valence-electron chi connectivity index (χ1n) is 6.93. The zero-order valence-corrected chi connectivity index (χ0v) is 12.9. The number of rotatable bonds is 3. The topological polar surface area (TPSA) is 20.2 Å². The van der Waals surface area contributed by atoms with Crippen molar-refractivity contribution in [2.45, 2.75) is 30.8 Å². The summed E-state index contributed by atoms with van der Waals surface area (Å²) in [5.41, 5.74) is 0.0967. The molecular weight excluding hydrogens is 338 g/mol. The Morgan fingerprint density at radius 1 is 1.05 bits per heavy atom. The van der Waals surface area contributed by atoms with Gasteiger partial charge in [-0.1, -0.05) is 36.8 Å². The highest BCUT2D eigenvalue weighted by Gasteiger charge is 2.47. The summed E-state index contributed by atoms with van der Waals surface area (Å²) < 4.78 is 28.5. The van der Waals surface area contributed by atoms with Crippen molar-refractivity contribution in [2.75, 3.05) is 0 Å². The molecule has 1 atom stereocenters. The van der Waals surface area contributed by atoms with Crippen LogP contribution >= 0.6 is 15.9 Å². The Hall–Kier alpha value is -1.26. The number of hydrogen-bond donors (Lipinski definition) is 1. The van der Waals surface area contributed by atoms with Crippen LogP contribution < -0.4 is 0 Å². The third kappa shape index (κ3) is 2.30. The first-order chi connectivity index (χ1) is 10.1. The zero-order chi connectivity index (χ0) is 15.0. The van der Waals surface area contributed by atoms with E-state index >= 15 is 0 Å². The maximum absolute atomic E-state index is 14.3. The lowest BCUT2D eigenvalue weighted by molar-refractivity contribution is 0.0216. The van der Waals surface area contributed by atoms with Crippen LogP contribution in [0.4, 0.5) is 8.78 Å². The minimum absolute atomic E-state index is 0.167. The second-order valence-electron chi connectivity index (χ2n) is 5.54. The Kier molecular flexibility index (Phi) is 3.84. The number of benzene rings is 2. The monoisotopic (exact) mass is 352 g/mol. The molecule has 1 fully saturated rings. The summed E-state index contributed by atoms with van der Waals surface area (Å²) in [7, 11) is 0. The van der Waals surface area contributed by atoms with Gasteiger partial charge in [-0.3, -0.25) is 0 Å². The second kappa shape index (κ2) is 5.50. The molecule has 0 saturated heterocycles. The Morgan fingerprint density at radius 2 is 1.71 bits per heavy atom. The molecule has 110 valence electrons. The van der Waals surface area contributed by atoms with Crippen molar-refractivity contribution in [3.8, 4) is 0 Å². The number of halogens is 3. The summed E-state index contributed by atoms with van der Waals surface area (Å²) >= 11 is 3.06. The Bertz CT molecular complexity index is 653. The minimum atomic E-state index is -1.19. The smallest absolute Gasteiger partial charge is 0.146 e. The van der Waals surface area contributed by atoms with Gasteiger partial charge in [0.05, 0.1) is 16.1 Å². The fraction of sp³-hybridized carbons (Fsp3) is 0.294. The number of aliphatic hydroxyl groups excluding tert-OH is 1. The van der Waals surface area contributed by atoms with E-state index in [2.05, 4.69) is 15.9 Å². The van der Waals surface area contributed by atoms with Crippen molar-refractivity contribution < 1.29 is 13.9 Å². The molecule has 4 heteroatoms. The largest absolute Gasteiger partial charge is 0.387 e. The van der Waals surface area contributed by atoms with Gasteiger partial charge >= 0.3 is 0 Å². The van der Waals surface area contributed by atoms with Gasteiger partial charge in [-0.2, -0.15) is 0 Å². The van der Waals surface area contributed by atoms with Crippen LogP contribution in [0.5, 0.6) is 0 Å². The van der Waals surface area contributed by atoms with Gasteiger partial charge in [0.1, 0.15) is 11.6 Å². The molecule has 0 aliphatic heterocycles. The highest BCUT2D eigenvalue weighted by Crippen LogP contribution is 2.53. The van der Waals surface area contributed by atoms with Gasteiger partial charge in [0.2, 0.25) is 0 Å². The molecule has 0 heterocycles. The third-order valence-electron chi connectivity index (χ3n) is 4.47. The summed E-state index contributed by atoms with van der Waals surface area (Å²) in [5.74, 6) is -1.42. The minimum Gasteiger partial charge on any atom is -0.387 e. The van der Waals surface area contributed by atoms with Gasteiger partial charge in [-0.05, 0) is 46.5 Å². The molecule has 0 bridgehead atoms. The summed E-state index contributed by atoms with van der Waals surface area (Å²) in [6.45, 7) is 0. The van der Waals surface area contributed by atoms with Gasteiger partial charge in [-0.15, -0.1) is 0 Å². The van der Waals surface area contributed by atoms with Gasteiger partial charge in [0, 0.05) is 5.41 Å². The average molecular weight is 353 g/mol. The van der Waals surface area contributed by atoms with E-state index in [9.17, 15) is 13.9 Å². The fourth-order valence-electron chi connectivity index (χ4n) is 3.12. The van der Waals surface area contributed by atoms with E-state index in [0.717, 1.165) is 24.8 Å². The lowest BCUT2D eigenvalue weighted by atomic mass is 9.60. The van der Waals surface area contributed by atoms with Crippen LogP contribution in [0, 0.1) is 11.6 Å². The highest BCUT2D eigenvalue weighted by molar-refractivity contribution is 9.10. The van der Waals surface area contributed by atoms with Crippen molar-refractivity contribution >= 4 is 15.9 Å². The molecule has 0 aromatic heterocycles. The van der Waals surface area contributed by atoms with Crippen LogP contribution in [0.15, 0.2) is 46.9 Å². The Morgan fingerprint density at radius 3 is 2.29 bits per heavy atom. The van der Waals surface area contributed by atoms with Crippen LogP contribution in [-0.4, -0.2) is 5.11 Å². The summed E-state index contributed by atoms with van der Waals surface area (Å²) in [6, 6.07) is 12.0. The predicted octanol–water partition coefficient (Wildman–Crippen LogP) is 4.88. The van der Waals surface area contributed by atoms with E-state index in [1.807, 2.05) is 30.3 Å². The van der Waals surface area contributed by atoms with E-state index < -0.39 is 23.2 Å². The van der Waals surface area contributed by atoms with E-state index in [-0.39, 0.29) is 10.0 Å². The van der Waals surface area contributed by atoms with Gasteiger partial charge in [0.25, 0.3) is 0 Å². The molecule has 3 rings (SSSR count). The zero-order valence-electron chi connectivity index (χ0n) is 11.3. The number of hydrogen-bond acceptors (Lipinski definition) is 1. The molecule has 1 N–H and O–H groups in total. The first-order valence-corrected chi connectivity index (χ1v) is 7.72. The quantitative estimate of drug-likeness (QED) is 0.780. The molecule has 1 unspecified atom stereocenters. The van der Waals surface area contributed by atoms with Crippen molar-refractivity contribution in [3.05, 3.63) is 69.7 Å². The maximum Gasteiger partial charge on any atom is 0.146 e. The van der Waals surface area contributed by atoms with Crippen molar-refractivity contribution in [2.24, 2.45) is 0 Å². The maximum atomic E-state index is 14.3. The molecule has 0 amide bonds. The molecule has 0 spiro atoms. The summed E-state index contributed by atoms with van der Waals surface area (Å²) in [5, 5.41) is 10.7. The normalized spacial score (nSPS) is 18.1. The third-order valence-corrected chi connectivity index (χ3v) is 5.08. The lowest BCUT2D eigenvalue weighted by Gasteiger charge is -2.46. The van der Waals surface area contributed by atoms with Crippen molar-refractivity contribution in [1.29, 1.82) is 0 Å². The molecule has 1 aliphatic rings. The van der Waals surface area contributed by atoms with Crippen LogP contribution in [0.1, 0.15) is 36.5 Å². The average Bonchev–Trinajstić information content (AvgIpc) is 2.43. The molecule has 21 heavy (non-hydrogen) atoms. The van der Waals surface area contributed by atoms with Crippen molar-refractivity contribution in [3.63, 3.8) is 0 Å².